The van der Waals surface area contributed by atoms with Crippen LogP contribution >= 0.6 is 22.9 Å². The number of nitro groups is 1. The van der Waals surface area contributed by atoms with Gasteiger partial charge < -0.3 is 5.32 Å². The van der Waals surface area contributed by atoms with Crippen LogP contribution in [0.15, 0.2) is 42.0 Å². The summed E-state index contributed by atoms with van der Waals surface area (Å²) in [5.41, 5.74) is 0.459. The Balaban J connectivity index is 1.62. The molecule has 3 rings (SSSR count). The summed E-state index contributed by atoms with van der Waals surface area (Å²) >= 11 is 7.27. The first-order valence-corrected chi connectivity index (χ1v) is 8.47. The molecule has 0 fully saturated rings. The Morgan fingerprint density at radius 2 is 2.28 bits per heavy atom. The third-order valence-corrected chi connectivity index (χ3v) is 4.42. The second-order valence-electron chi connectivity index (χ2n) is 5.00. The standard InChI is InChI=1S/C15H12ClN5O3S/c16-10-2-3-13(21(23)24)12(8-10)14(22)17-6-4-11-9-25-15(19-11)20-7-1-5-18-20/h1-3,5,7-9H,4,6H2,(H,17,22). The van der Waals surface area contributed by atoms with E-state index in [0.717, 1.165) is 10.8 Å². The number of benzene rings is 1. The quantitative estimate of drug-likeness (QED) is 0.525. The molecule has 0 aliphatic carbocycles. The fraction of sp³-hybridized carbons (Fsp3) is 0.133. The number of halogens is 1. The lowest BCUT2D eigenvalue weighted by Crippen LogP contribution is -2.26. The second kappa shape index (κ2) is 7.41. The van der Waals surface area contributed by atoms with Crippen molar-refractivity contribution in [3.05, 3.63) is 68.4 Å². The molecule has 0 bridgehead atoms. The Morgan fingerprint density at radius 1 is 1.44 bits per heavy atom. The first-order valence-electron chi connectivity index (χ1n) is 7.21. The van der Waals surface area contributed by atoms with Crippen LogP contribution in [-0.2, 0) is 6.42 Å². The fourth-order valence-electron chi connectivity index (χ4n) is 2.15. The van der Waals surface area contributed by atoms with Crippen molar-refractivity contribution >= 4 is 34.5 Å². The Kier molecular flexibility index (Phi) is 5.05. The molecule has 0 radical (unpaired) electrons. The number of carbonyl (C=O) groups excluding carboxylic acids is 1. The minimum atomic E-state index is -0.609. The monoisotopic (exact) mass is 377 g/mol. The van der Waals surface area contributed by atoms with Gasteiger partial charge in [-0.3, -0.25) is 14.9 Å². The molecule has 2 heterocycles. The summed E-state index contributed by atoms with van der Waals surface area (Å²) < 4.78 is 1.65. The molecule has 1 amide bonds. The van der Waals surface area contributed by atoms with Gasteiger partial charge in [0.25, 0.3) is 11.6 Å². The van der Waals surface area contributed by atoms with Crippen molar-refractivity contribution in [2.75, 3.05) is 6.54 Å². The van der Waals surface area contributed by atoms with Crippen molar-refractivity contribution in [1.29, 1.82) is 0 Å². The van der Waals surface area contributed by atoms with Gasteiger partial charge in [0.2, 0.25) is 5.13 Å². The highest BCUT2D eigenvalue weighted by molar-refractivity contribution is 7.12. The van der Waals surface area contributed by atoms with Gasteiger partial charge in [-0.2, -0.15) is 5.10 Å². The van der Waals surface area contributed by atoms with Crippen LogP contribution in [-0.4, -0.2) is 32.1 Å². The smallest absolute Gasteiger partial charge is 0.282 e. The maximum atomic E-state index is 12.2. The summed E-state index contributed by atoms with van der Waals surface area (Å²) in [7, 11) is 0. The summed E-state index contributed by atoms with van der Waals surface area (Å²) in [6.45, 7) is 0.296. The third kappa shape index (κ3) is 4.01. The number of aromatic nitrogens is 3. The lowest BCUT2D eigenvalue weighted by molar-refractivity contribution is -0.385. The van der Waals surface area contributed by atoms with Gasteiger partial charge in [-0.1, -0.05) is 11.6 Å². The van der Waals surface area contributed by atoms with Gasteiger partial charge in [-0.05, 0) is 18.2 Å². The van der Waals surface area contributed by atoms with E-state index in [2.05, 4.69) is 15.4 Å². The zero-order valence-corrected chi connectivity index (χ0v) is 14.3. The van der Waals surface area contributed by atoms with Gasteiger partial charge in [-0.15, -0.1) is 11.3 Å². The largest absolute Gasteiger partial charge is 0.351 e. The van der Waals surface area contributed by atoms with Crippen LogP contribution in [0.2, 0.25) is 5.02 Å². The molecule has 25 heavy (non-hydrogen) atoms. The normalized spacial score (nSPS) is 10.6. The number of nitrogens with zero attached hydrogens (tertiary/aromatic N) is 4. The number of nitro benzene ring substituents is 1. The summed E-state index contributed by atoms with van der Waals surface area (Å²) in [5, 5.41) is 20.6. The van der Waals surface area contributed by atoms with E-state index in [1.807, 2.05) is 5.38 Å². The van der Waals surface area contributed by atoms with Crippen LogP contribution in [0.4, 0.5) is 5.69 Å². The molecule has 3 aromatic rings. The first-order chi connectivity index (χ1) is 12.0. The van der Waals surface area contributed by atoms with Gasteiger partial charge in [0.05, 0.1) is 10.6 Å². The van der Waals surface area contributed by atoms with E-state index in [4.69, 9.17) is 11.6 Å². The molecule has 1 N–H and O–H groups in total. The zero-order valence-electron chi connectivity index (χ0n) is 12.8. The molecular weight excluding hydrogens is 366 g/mol. The van der Waals surface area contributed by atoms with Gasteiger partial charge in [0.1, 0.15) is 5.56 Å². The maximum Gasteiger partial charge on any atom is 0.282 e. The molecule has 0 aliphatic heterocycles. The van der Waals surface area contributed by atoms with Crippen molar-refractivity contribution in [2.45, 2.75) is 6.42 Å². The number of hydrogen-bond donors (Lipinski definition) is 1. The van der Waals surface area contributed by atoms with E-state index in [0.29, 0.717) is 13.0 Å². The van der Waals surface area contributed by atoms with Crippen LogP contribution in [0.3, 0.4) is 0 Å². The Hall–Kier alpha value is -2.78. The van der Waals surface area contributed by atoms with Gasteiger partial charge in [0.15, 0.2) is 0 Å². The molecule has 0 atom stereocenters. The average molecular weight is 378 g/mol. The molecule has 0 saturated heterocycles. The highest BCUT2D eigenvalue weighted by atomic mass is 35.5. The first kappa shape index (κ1) is 17.1. The highest BCUT2D eigenvalue weighted by Gasteiger charge is 2.20. The van der Waals surface area contributed by atoms with E-state index in [9.17, 15) is 14.9 Å². The predicted molar refractivity (Wildman–Crippen MR) is 93.4 cm³/mol. The van der Waals surface area contributed by atoms with Gasteiger partial charge >= 0.3 is 0 Å². The van der Waals surface area contributed by atoms with Crippen molar-refractivity contribution in [3.8, 4) is 5.13 Å². The minimum absolute atomic E-state index is 0.0620. The number of thiazole rings is 1. The van der Waals surface area contributed by atoms with Gasteiger partial charge in [-0.25, -0.2) is 9.67 Å². The van der Waals surface area contributed by atoms with Crippen molar-refractivity contribution in [1.82, 2.24) is 20.1 Å². The van der Waals surface area contributed by atoms with Crippen LogP contribution in [0, 0.1) is 10.1 Å². The summed E-state index contributed by atoms with van der Waals surface area (Å²) in [6.07, 6.45) is 3.96. The third-order valence-electron chi connectivity index (χ3n) is 3.31. The average Bonchev–Trinajstić information content (AvgIpc) is 3.25. The molecule has 0 saturated carbocycles. The lowest BCUT2D eigenvalue weighted by atomic mass is 10.1. The molecule has 8 nitrogen and oxygen atoms in total. The lowest BCUT2D eigenvalue weighted by Gasteiger charge is -2.05. The van der Waals surface area contributed by atoms with Gasteiger partial charge in [0, 0.05) is 41.8 Å². The number of rotatable bonds is 6. The summed E-state index contributed by atoms with van der Waals surface area (Å²) in [4.78, 5) is 27.0. The molecule has 0 spiro atoms. The van der Waals surface area contributed by atoms with Crippen molar-refractivity contribution in [3.63, 3.8) is 0 Å². The molecule has 10 heteroatoms. The molecule has 2 aromatic heterocycles. The predicted octanol–water partition coefficient (Wildman–Crippen LogP) is 2.86. The molecule has 0 unspecified atom stereocenters. The molecule has 1 aromatic carbocycles. The molecule has 128 valence electrons. The van der Waals surface area contributed by atoms with Crippen LogP contribution < -0.4 is 5.32 Å². The molecular formula is C15H12ClN5O3S. The van der Waals surface area contributed by atoms with Crippen LogP contribution in [0.5, 0.6) is 0 Å². The Labute approximate surface area is 151 Å². The fourth-order valence-corrected chi connectivity index (χ4v) is 3.12. The summed E-state index contributed by atoms with van der Waals surface area (Å²) in [6, 6.07) is 5.68. The highest BCUT2D eigenvalue weighted by Crippen LogP contribution is 2.22. The van der Waals surface area contributed by atoms with E-state index in [1.54, 1.807) is 23.1 Å². The SMILES string of the molecule is O=C(NCCc1csc(-n2cccn2)n1)c1cc(Cl)ccc1[N+](=O)[O-]. The van der Waals surface area contributed by atoms with Crippen molar-refractivity contribution in [2.24, 2.45) is 0 Å². The van der Waals surface area contributed by atoms with E-state index in [-0.39, 0.29) is 16.3 Å². The van der Waals surface area contributed by atoms with E-state index >= 15 is 0 Å². The Morgan fingerprint density at radius 3 is 3.00 bits per heavy atom. The molecule has 0 aliphatic rings. The Bertz CT molecular complexity index is 910. The van der Waals surface area contributed by atoms with Crippen LogP contribution in [0.1, 0.15) is 16.1 Å². The number of carbonyl (C=O) groups is 1. The van der Waals surface area contributed by atoms with E-state index < -0.39 is 10.8 Å². The van der Waals surface area contributed by atoms with E-state index in [1.165, 1.54) is 29.5 Å². The number of nitrogens with one attached hydrogen (secondary N) is 1. The number of amides is 1. The minimum Gasteiger partial charge on any atom is -0.351 e. The number of hydrogen-bond acceptors (Lipinski definition) is 6. The topological polar surface area (TPSA) is 103 Å². The second-order valence-corrected chi connectivity index (χ2v) is 6.27. The zero-order chi connectivity index (χ0) is 17.8. The van der Waals surface area contributed by atoms with Crippen molar-refractivity contribution < 1.29 is 9.72 Å². The maximum absolute atomic E-state index is 12.2. The summed E-state index contributed by atoms with van der Waals surface area (Å²) in [5.74, 6) is -0.545. The van der Waals surface area contributed by atoms with Crippen LogP contribution in [0.25, 0.3) is 5.13 Å².